The maximum Gasteiger partial charge on any atom is 0.344 e. The summed E-state index contributed by atoms with van der Waals surface area (Å²) in [4.78, 5) is 12.1. The van der Waals surface area contributed by atoms with Crippen molar-refractivity contribution in [3.63, 3.8) is 0 Å². The number of hydrogen-bond acceptors (Lipinski definition) is 5. The summed E-state index contributed by atoms with van der Waals surface area (Å²) in [6.07, 6.45) is 1.48. The van der Waals surface area contributed by atoms with Crippen molar-refractivity contribution in [2.24, 2.45) is 5.10 Å². The molecule has 1 aromatic heterocycles. The first kappa shape index (κ1) is 20.6. The van der Waals surface area contributed by atoms with Gasteiger partial charge in [0.2, 0.25) is 0 Å². The summed E-state index contributed by atoms with van der Waals surface area (Å²) in [7, 11) is 1.98. The molecule has 0 fully saturated rings. The Kier molecular flexibility index (Phi) is 5.48. The molecule has 4 rings (SSSR count). The van der Waals surface area contributed by atoms with E-state index in [1.165, 1.54) is 0 Å². The van der Waals surface area contributed by atoms with E-state index in [1.807, 2.05) is 62.5 Å². The van der Waals surface area contributed by atoms with Gasteiger partial charge in [-0.2, -0.15) is 4.59 Å². The molecule has 1 aliphatic heterocycles. The highest BCUT2D eigenvalue weighted by Crippen LogP contribution is 2.38. The standard InChI is InChI=1S/C23H24N6O2/c1-4-14-29(3)21(20(23(30)31)19(5-2)26-29)16-12-10-15(11-13-16)17-8-6-7-9-18(17)22-24-27-28-25-22/h6-13H,4-5,14H2,1-3H3,(H-,24,25,26,27,28,30,31)/p+1. The van der Waals surface area contributed by atoms with Crippen LogP contribution in [-0.4, -0.2) is 55.6 Å². The first-order chi connectivity index (χ1) is 15.0. The number of rotatable bonds is 7. The summed E-state index contributed by atoms with van der Waals surface area (Å²) in [5, 5.41) is 28.9. The predicted molar refractivity (Wildman–Crippen MR) is 119 cm³/mol. The Morgan fingerprint density at radius 2 is 1.71 bits per heavy atom. The molecule has 2 aromatic carbocycles. The lowest BCUT2D eigenvalue weighted by atomic mass is 9.96. The fraction of sp³-hybridized carbons (Fsp3) is 0.261. The SMILES string of the molecule is CCC[N+]1(C)N=C(CC)C(C(=O)O)=C1c1ccc(-c2ccccc2-c2nnn[nH]2)cc1. The van der Waals surface area contributed by atoms with E-state index >= 15 is 0 Å². The molecule has 8 heteroatoms. The number of benzene rings is 2. The van der Waals surface area contributed by atoms with Gasteiger partial charge < -0.3 is 5.11 Å². The van der Waals surface area contributed by atoms with E-state index in [9.17, 15) is 9.90 Å². The molecule has 0 bridgehead atoms. The second-order valence-corrected chi connectivity index (χ2v) is 7.66. The zero-order valence-corrected chi connectivity index (χ0v) is 17.8. The lowest BCUT2D eigenvalue weighted by molar-refractivity contribution is -0.844. The van der Waals surface area contributed by atoms with Gasteiger partial charge in [-0.25, -0.2) is 9.89 Å². The van der Waals surface area contributed by atoms with Crippen LogP contribution in [-0.2, 0) is 4.79 Å². The first-order valence-corrected chi connectivity index (χ1v) is 10.4. The molecule has 0 saturated heterocycles. The monoisotopic (exact) mass is 417 g/mol. The number of nitrogens with one attached hydrogen (secondary N) is 1. The van der Waals surface area contributed by atoms with Gasteiger partial charge >= 0.3 is 5.97 Å². The normalized spacial score (nSPS) is 18.4. The lowest BCUT2D eigenvalue weighted by Gasteiger charge is -2.26. The van der Waals surface area contributed by atoms with Crippen molar-refractivity contribution in [2.45, 2.75) is 26.7 Å². The molecule has 0 aliphatic carbocycles. The van der Waals surface area contributed by atoms with Gasteiger partial charge in [-0.05, 0) is 46.5 Å². The molecule has 2 heterocycles. The summed E-state index contributed by atoms with van der Waals surface area (Å²) in [6, 6.07) is 15.8. The predicted octanol–water partition coefficient (Wildman–Crippen LogP) is 3.97. The van der Waals surface area contributed by atoms with E-state index in [2.05, 4.69) is 27.5 Å². The molecular weight excluding hydrogens is 392 g/mol. The number of quaternary nitrogens is 1. The highest BCUT2D eigenvalue weighted by Gasteiger charge is 2.42. The van der Waals surface area contributed by atoms with Crippen molar-refractivity contribution >= 4 is 17.4 Å². The second-order valence-electron chi connectivity index (χ2n) is 7.66. The van der Waals surface area contributed by atoms with Crippen molar-refractivity contribution in [3.8, 4) is 22.5 Å². The van der Waals surface area contributed by atoms with Crippen molar-refractivity contribution in [1.29, 1.82) is 0 Å². The largest absolute Gasteiger partial charge is 0.477 e. The topological polar surface area (TPSA) is 104 Å². The van der Waals surface area contributed by atoms with E-state index in [0.717, 1.165) is 40.9 Å². The number of aliphatic carboxylic acids is 1. The Bertz CT molecular complexity index is 1170. The maximum absolute atomic E-state index is 12.1. The molecule has 8 nitrogen and oxygen atoms in total. The van der Waals surface area contributed by atoms with Gasteiger partial charge in [-0.1, -0.05) is 55.3 Å². The second kappa shape index (κ2) is 8.23. The average Bonchev–Trinajstić information content (AvgIpc) is 3.40. The van der Waals surface area contributed by atoms with Crippen LogP contribution in [0.15, 0.2) is 59.2 Å². The highest BCUT2D eigenvalue weighted by atomic mass is 16.4. The quantitative estimate of drug-likeness (QED) is 0.566. The third-order valence-electron chi connectivity index (χ3n) is 5.55. The van der Waals surface area contributed by atoms with Crippen LogP contribution in [0, 0.1) is 0 Å². The molecule has 0 amide bonds. The van der Waals surface area contributed by atoms with Crippen LogP contribution in [0.1, 0.15) is 32.3 Å². The minimum Gasteiger partial charge on any atom is -0.477 e. The first-order valence-electron chi connectivity index (χ1n) is 10.4. The average molecular weight is 417 g/mol. The smallest absolute Gasteiger partial charge is 0.344 e. The van der Waals surface area contributed by atoms with Crippen LogP contribution in [0.2, 0.25) is 0 Å². The fourth-order valence-electron chi connectivity index (χ4n) is 4.26. The summed E-state index contributed by atoms with van der Waals surface area (Å²) in [6.45, 7) is 4.76. The van der Waals surface area contributed by atoms with Crippen molar-refractivity contribution < 1.29 is 14.5 Å². The summed E-state index contributed by atoms with van der Waals surface area (Å²) in [5.41, 5.74) is 5.45. The molecule has 1 unspecified atom stereocenters. The minimum absolute atomic E-state index is 0.251. The zero-order valence-electron chi connectivity index (χ0n) is 17.8. The maximum atomic E-state index is 12.1. The molecule has 2 N–H and O–H groups in total. The van der Waals surface area contributed by atoms with Gasteiger partial charge in [0.25, 0.3) is 0 Å². The Morgan fingerprint density at radius 3 is 2.29 bits per heavy atom. The number of carboxylic acids is 1. The van der Waals surface area contributed by atoms with Gasteiger partial charge in [0, 0.05) is 11.1 Å². The molecule has 0 radical (unpaired) electrons. The lowest BCUT2D eigenvalue weighted by Crippen LogP contribution is -2.35. The number of aromatic amines is 1. The third-order valence-corrected chi connectivity index (χ3v) is 5.55. The van der Waals surface area contributed by atoms with E-state index in [0.29, 0.717) is 23.5 Å². The van der Waals surface area contributed by atoms with Crippen LogP contribution in [0.25, 0.3) is 28.2 Å². The van der Waals surface area contributed by atoms with Crippen molar-refractivity contribution in [3.05, 3.63) is 59.7 Å². The van der Waals surface area contributed by atoms with Crippen molar-refractivity contribution in [1.82, 2.24) is 20.6 Å². The number of H-pyrrole nitrogens is 1. The highest BCUT2D eigenvalue weighted by molar-refractivity contribution is 6.24. The zero-order chi connectivity index (χ0) is 22.0. The Morgan fingerprint density at radius 1 is 1.03 bits per heavy atom. The Balaban J connectivity index is 1.80. The van der Waals surface area contributed by atoms with Gasteiger partial charge in [0.1, 0.15) is 12.3 Å². The molecule has 158 valence electrons. The van der Waals surface area contributed by atoms with E-state index in [4.69, 9.17) is 5.10 Å². The van der Waals surface area contributed by atoms with Crippen LogP contribution in [0.4, 0.5) is 0 Å². The Hall–Kier alpha value is -3.65. The third kappa shape index (κ3) is 3.66. The number of carboxylic acid groups (broad SMARTS) is 1. The van der Waals surface area contributed by atoms with Crippen molar-refractivity contribution in [2.75, 3.05) is 13.6 Å². The van der Waals surface area contributed by atoms with E-state index in [-0.39, 0.29) is 4.59 Å². The number of carbonyl (C=O) groups is 1. The molecule has 31 heavy (non-hydrogen) atoms. The summed E-state index contributed by atoms with van der Waals surface area (Å²) < 4.78 is 0.251. The molecule has 1 atom stereocenters. The number of tetrazole rings is 1. The number of hydrogen-bond donors (Lipinski definition) is 2. The fourth-order valence-corrected chi connectivity index (χ4v) is 4.26. The van der Waals surface area contributed by atoms with Gasteiger partial charge in [0.05, 0.1) is 7.05 Å². The van der Waals surface area contributed by atoms with E-state index < -0.39 is 5.97 Å². The van der Waals surface area contributed by atoms with Gasteiger partial charge in [-0.3, -0.25) is 0 Å². The van der Waals surface area contributed by atoms with Crippen LogP contribution in [0.5, 0.6) is 0 Å². The molecule has 1 aliphatic rings. The van der Waals surface area contributed by atoms with Gasteiger partial charge in [0.15, 0.2) is 17.1 Å². The molecule has 0 saturated carbocycles. The van der Waals surface area contributed by atoms with Crippen LogP contribution in [0.3, 0.4) is 0 Å². The molecular formula is C23H25N6O2+. The van der Waals surface area contributed by atoms with Gasteiger partial charge in [-0.15, -0.1) is 5.10 Å². The number of nitrogens with zero attached hydrogens (tertiary/aromatic N) is 5. The Labute approximate surface area is 180 Å². The molecule has 0 spiro atoms. The van der Waals surface area contributed by atoms with E-state index in [1.54, 1.807) is 0 Å². The van der Waals surface area contributed by atoms with Crippen LogP contribution < -0.4 is 0 Å². The van der Waals surface area contributed by atoms with Crippen LogP contribution >= 0.6 is 0 Å². The molecule has 3 aromatic rings. The summed E-state index contributed by atoms with van der Waals surface area (Å²) >= 11 is 0. The number of aromatic nitrogens is 4. The minimum atomic E-state index is -0.930. The summed E-state index contributed by atoms with van der Waals surface area (Å²) in [5.74, 6) is -0.333.